The number of furan rings is 1. The third kappa shape index (κ3) is 7.83. The molecule has 1 rings (SSSR count). The highest BCUT2D eigenvalue weighted by Gasteiger charge is 1.94. The fourth-order valence-electron chi connectivity index (χ4n) is 2.04. The van der Waals surface area contributed by atoms with Gasteiger partial charge in [-0.25, -0.2) is 0 Å². The summed E-state index contributed by atoms with van der Waals surface area (Å²) in [6, 6.07) is 3.97. The Hall–Kier alpha value is -1.50. The van der Waals surface area contributed by atoms with Crippen molar-refractivity contribution >= 4 is 0 Å². The zero-order chi connectivity index (χ0) is 14.8. The second-order valence-corrected chi connectivity index (χ2v) is 5.74. The lowest BCUT2D eigenvalue weighted by atomic mass is 10.1. The number of hydrogen-bond donors (Lipinski definition) is 0. The molecule has 1 nitrogen and oxygen atoms in total. The smallest absolute Gasteiger partial charge is 0.107 e. The fraction of sp³-hybridized carbons (Fsp3) is 0.474. The molecule has 1 aromatic rings. The maximum atomic E-state index is 5.33. The van der Waals surface area contributed by atoms with E-state index in [0.717, 1.165) is 31.4 Å². The van der Waals surface area contributed by atoms with Crippen LogP contribution >= 0.6 is 0 Å². The summed E-state index contributed by atoms with van der Waals surface area (Å²) in [5.41, 5.74) is 4.35. The fourth-order valence-corrected chi connectivity index (χ4v) is 2.04. The van der Waals surface area contributed by atoms with Crippen molar-refractivity contribution < 1.29 is 4.42 Å². The quantitative estimate of drug-likeness (QED) is 0.510. The molecule has 0 atom stereocenters. The maximum Gasteiger partial charge on any atom is 0.107 e. The highest BCUT2D eigenvalue weighted by molar-refractivity contribution is 5.09. The van der Waals surface area contributed by atoms with E-state index in [1.54, 1.807) is 6.26 Å². The predicted molar refractivity (Wildman–Crippen MR) is 87.8 cm³/mol. The van der Waals surface area contributed by atoms with Crippen LogP contribution in [0.25, 0.3) is 0 Å². The van der Waals surface area contributed by atoms with E-state index in [0.29, 0.717) is 0 Å². The summed E-state index contributed by atoms with van der Waals surface area (Å²) >= 11 is 0. The predicted octanol–water partition coefficient (Wildman–Crippen LogP) is 6.24. The van der Waals surface area contributed by atoms with Gasteiger partial charge in [0.25, 0.3) is 0 Å². The molecule has 0 aromatic carbocycles. The summed E-state index contributed by atoms with van der Waals surface area (Å²) < 4.78 is 5.33. The molecule has 110 valence electrons. The highest BCUT2D eigenvalue weighted by atomic mass is 16.3. The molecule has 1 aromatic heterocycles. The Morgan fingerprint density at radius 1 is 0.950 bits per heavy atom. The zero-order valence-corrected chi connectivity index (χ0v) is 13.4. The second kappa shape index (κ2) is 9.41. The van der Waals surface area contributed by atoms with Gasteiger partial charge >= 0.3 is 0 Å². The molecule has 1 heteroatoms. The van der Waals surface area contributed by atoms with Crippen LogP contribution in [-0.4, -0.2) is 0 Å². The summed E-state index contributed by atoms with van der Waals surface area (Å²) in [5, 5.41) is 0. The lowest BCUT2D eigenvalue weighted by Gasteiger charge is -2.01. The van der Waals surface area contributed by atoms with Gasteiger partial charge in [0.2, 0.25) is 0 Å². The summed E-state index contributed by atoms with van der Waals surface area (Å²) in [6.07, 6.45) is 14.2. The van der Waals surface area contributed by atoms with Crippen LogP contribution in [0.3, 0.4) is 0 Å². The van der Waals surface area contributed by atoms with Crippen LogP contribution < -0.4 is 0 Å². The molecule has 0 N–H and O–H groups in total. The number of hydrogen-bond acceptors (Lipinski definition) is 1. The number of allylic oxidation sites excluding steroid dienone is 6. The Kier molecular flexibility index (Phi) is 7.79. The summed E-state index contributed by atoms with van der Waals surface area (Å²) in [4.78, 5) is 0. The molecule has 0 aliphatic carbocycles. The standard InChI is InChI=1S/C19H28O/c1-16(2)8-5-9-17(3)10-6-11-18(4)13-14-19-12-7-15-20-19/h7-8,10,12-13,15H,5-6,9,11,14H2,1-4H3. The van der Waals surface area contributed by atoms with E-state index >= 15 is 0 Å². The third-order valence-electron chi connectivity index (χ3n) is 3.35. The molecule has 0 spiro atoms. The summed E-state index contributed by atoms with van der Waals surface area (Å²) in [5.74, 6) is 1.04. The van der Waals surface area contributed by atoms with E-state index in [2.05, 4.69) is 45.9 Å². The van der Waals surface area contributed by atoms with Crippen LogP contribution in [-0.2, 0) is 6.42 Å². The van der Waals surface area contributed by atoms with E-state index in [1.807, 2.05) is 12.1 Å². The van der Waals surface area contributed by atoms with E-state index in [9.17, 15) is 0 Å². The summed E-state index contributed by atoms with van der Waals surface area (Å²) in [7, 11) is 0. The Morgan fingerprint density at radius 2 is 1.60 bits per heavy atom. The van der Waals surface area contributed by atoms with Crippen molar-refractivity contribution in [2.75, 3.05) is 0 Å². The first-order valence-corrected chi connectivity index (χ1v) is 7.55. The van der Waals surface area contributed by atoms with Crippen molar-refractivity contribution in [1.29, 1.82) is 0 Å². The van der Waals surface area contributed by atoms with Crippen molar-refractivity contribution in [3.05, 3.63) is 59.1 Å². The van der Waals surface area contributed by atoms with Gasteiger partial charge in [0.05, 0.1) is 6.26 Å². The molecule has 0 aliphatic heterocycles. The Morgan fingerprint density at radius 3 is 2.20 bits per heavy atom. The van der Waals surface area contributed by atoms with Gasteiger partial charge in [0.1, 0.15) is 5.76 Å². The van der Waals surface area contributed by atoms with Crippen LogP contribution in [0.15, 0.2) is 57.8 Å². The first kappa shape index (κ1) is 16.6. The monoisotopic (exact) mass is 272 g/mol. The van der Waals surface area contributed by atoms with E-state index in [1.165, 1.54) is 23.1 Å². The maximum absolute atomic E-state index is 5.33. The highest BCUT2D eigenvalue weighted by Crippen LogP contribution is 2.12. The molecule has 0 radical (unpaired) electrons. The van der Waals surface area contributed by atoms with Crippen molar-refractivity contribution in [2.24, 2.45) is 0 Å². The molecule has 0 saturated heterocycles. The minimum absolute atomic E-state index is 0.905. The Labute approximate surface area is 124 Å². The van der Waals surface area contributed by atoms with Gasteiger partial charge in [-0.05, 0) is 65.5 Å². The molecule has 0 saturated carbocycles. The van der Waals surface area contributed by atoms with Crippen molar-refractivity contribution in [3.63, 3.8) is 0 Å². The average molecular weight is 272 g/mol. The third-order valence-corrected chi connectivity index (χ3v) is 3.35. The molecular weight excluding hydrogens is 244 g/mol. The minimum atomic E-state index is 0.905. The van der Waals surface area contributed by atoms with Crippen LogP contribution in [0.5, 0.6) is 0 Å². The van der Waals surface area contributed by atoms with Crippen LogP contribution in [0.4, 0.5) is 0 Å². The molecule has 0 bridgehead atoms. The SMILES string of the molecule is CC(C)=CCCC(C)=CCCC(C)=CCc1ccco1. The van der Waals surface area contributed by atoms with E-state index in [4.69, 9.17) is 4.42 Å². The van der Waals surface area contributed by atoms with Crippen LogP contribution in [0.2, 0.25) is 0 Å². The first-order chi connectivity index (χ1) is 9.58. The topological polar surface area (TPSA) is 13.1 Å². The van der Waals surface area contributed by atoms with E-state index < -0.39 is 0 Å². The largest absolute Gasteiger partial charge is 0.469 e. The molecule has 1 heterocycles. The van der Waals surface area contributed by atoms with Crippen molar-refractivity contribution in [1.82, 2.24) is 0 Å². The summed E-state index contributed by atoms with van der Waals surface area (Å²) in [6.45, 7) is 8.76. The van der Waals surface area contributed by atoms with Gasteiger partial charge in [-0.2, -0.15) is 0 Å². The normalized spacial score (nSPS) is 12.6. The number of rotatable bonds is 8. The first-order valence-electron chi connectivity index (χ1n) is 7.55. The van der Waals surface area contributed by atoms with Crippen LogP contribution in [0.1, 0.15) is 59.1 Å². The van der Waals surface area contributed by atoms with Crippen molar-refractivity contribution in [2.45, 2.75) is 59.8 Å². The lowest BCUT2D eigenvalue weighted by Crippen LogP contribution is -1.82. The lowest BCUT2D eigenvalue weighted by molar-refractivity contribution is 0.522. The zero-order valence-electron chi connectivity index (χ0n) is 13.4. The van der Waals surface area contributed by atoms with Crippen LogP contribution in [0, 0.1) is 0 Å². The van der Waals surface area contributed by atoms with Crippen molar-refractivity contribution in [3.8, 4) is 0 Å². The average Bonchev–Trinajstić information content (AvgIpc) is 2.89. The second-order valence-electron chi connectivity index (χ2n) is 5.74. The van der Waals surface area contributed by atoms with E-state index in [-0.39, 0.29) is 0 Å². The Balaban J connectivity index is 2.24. The van der Waals surface area contributed by atoms with Gasteiger partial charge < -0.3 is 4.42 Å². The molecule has 20 heavy (non-hydrogen) atoms. The van der Waals surface area contributed by atoms with Gasteiger partial charge in [0, 0.05) is 6.42 Å². The molecule has 0 aliphatic rings. The van der Waals surface area contributed by atoms with Gasteiger partial charge in [-0.15, -0.1) is 0 Å². The molecular formula is C19H28O. The molecule has 0 amide bonds. The Bertz CT molecular complexity index is 454. The molecule has 0 fully saturated rings. The van der Waals surface area contributed by atoms with Gasteiger partial charge in [-0.1, -0.05) is 34.9 Å². The minimum Gasteiger partial charge on any atom is -0.469 e. The molecule has 0 unspecified atom stereocenters. The van der Waals surface area contributed by atoms with Gasteiger partial charge in [-0.3, -0.25) is 0 Å². The van der Waals surface area contributed by atoms with Gasteiger partial charge in [0.15, 0.2) is 0 Å².